The fraction of sp³-hybridized carbons (Fsp3) is 0.273. The topological polar surface area (TPSA) is 57.6 Å². The minimum atomic E-state index is -0.953. The molecule has 0 spiro atoms. The van der Waals surface area contributed by atoms with Crippen LogP contribution >= 0.6 is 0 Å². The highest BCUT2D eigenvalue weighted by Gasteiger charge is 2.36. The molecule has 0 radical (unpaired) electrons. The third-order valence-electron chi connectivity index (χ3n) is 2.83. The Balaban J connectivity index is 2.37. The van der Waals surface area contributed by atoms with Crippen LogP contribution in [0.15, 0.2) is 35.6 Å². The zero-order chi connectivity index (χ0) is 11.0. The molecule has 4 nitrogen and oxygen atoms in total. The van der Waals surface area contributed by atoms with Crippen LogP contribution < -0.4 is 0 Å². The molecule has 2 rings (SSSR count). The molecular weight excluding hydrogens is 194 g/mol. The van der Waals surface area contributed by atoms with Gasteiger partial charge >= 0.3 is 5.97 Å². The maximum atomic E-state index is 10.9. The summed E-state index contributed by atoms with van der Waals surface area (Å²) in [5, 5.41) is 8.95. The van der Waals surface area contributed by atoms with E-state index in [1.807, 2.05) is 6.08 Å². The predicted molar refractivity (Wildman–Crippen MR) is 54.0 cm³/mol. The van der Waals surface area contributed by atoms with Crippen molar-refractivity contribution in [2.45, 2.75) is 6.04 Å². The number of fused-ring (bicyclic) bond motifs is 1. The molecule has 1 aliphatic heterocycles. The standard InChI is InChI=1S/C11H11NO3/c1-12-9(11(14)15)5-7-3-2-4-8(6-13)10(7)12/h2-7,10H,1H3,(H,14,15). The number of carboxylic acid groups (broad SMARTS) is 1. The highest BCUT2D eigenvalue weighted by molar-refractivity contribution is 5.88. The average molecular weight is 205 g/mol. The summed E-state index contributed by atoms with van der Waals surface area (Å²) in [6.07, 6.45) is 7.89. The van der Waals surface area contributed by atoms with Crippen molar-refractivity contribution in [3.8, 4) is 0 Å². The van der Waals surface area contributed by atoms with Crippen molar-refractivity contribution in [2.24, 2.45) is 5.92 Å². The van der Waals surface area contributed by atoms with Gasteiger partial charge in [0.1, 0.15) is 12.0 Å². The highest BCUT2D eigenvalue weighted by Crippen LogP contribution is 2.33. The Morgan fingerprint density at radius 2 is 2.33 bits per heavy atom. The number of carbonyl (C=O) groups is 2. The number of hydrogen-bond donors (Lipinski definition) is 1. The number of hydrogen-bond acceptors (Lipinski definition) is 3. The number of allylic oxidation sites excluding steroid dienone is 2. The number of aliphatic carboxylic acids is 1. The van der Waals surface area contributed by atoms with Crippen molar-refractivity contribution in [1.82, 2.24) is 4.90 Å². The van der Waals surface area contributed by atoms with Gasteiger partial charge in [0.2, 0.25) is 0 Å². The number of aldehydes is 1. The van der Waals surface area contributed by atoms with Crippen LogP contribution in [0.1, 0.15) is 0 Å². The van der Waals surface area contributed by atoms with Crippen LogP contribution in [0.2, 0.25) is 0 Å². The van der Waals surface area contributed by atoms with Crippen LogP contribution in [0.5, 0.6) is 0 Å². The first-order valence-electron chi connectivity index (χ1n) is 4.66. The minimum Gasteiger partial charge on any atom is -0.477 e. The Morgan fingerprint density at radius 1 is 1.60 bits per heavy atom. The van der Waals surface area contributed by atoms with E-state index in [-0.39, 0.29) is 17.7 Å². The Kier molecular flexibility index (Phi) is 2.19. The van der Waals surface area contributed by atoms with E-state index in [1.54, 1.807) is 30.2 Å². The third-order valence-corrected chi connectivity index (χ3v) is 2.83. The molecule has 1 heterocycles. The third kappa shape index (κ3) is 1.38. The second-order valence-corrected chi connectivity index (χ2v) is 3.66. The van der Waals surface area contributed by atoms with E-state index in [9.17, 15) is 9.59 Å². The summed E-state index contributed by atoms with van der Waals surface area (Å²) in [7, 11) is 1.70. The van der Waals surface area contributed by atoms with Crippen LogP contribution in [0, 0.1) is 5.92 Å². The van der Waals surface area contributed by atoms with Crippen molar-refractivity contribution in [1.29, 1.82) is 0 Å². The Bertz CT molecular complexity index is 406. The second-order valence-electron chi connectivity index (χ2n) is 3.66. The van der Waals surface area contributed by atoms with Crippen molar-refractivity contribution >= 4 is 12.3 Å². The van der Waals surface area contributed by atoms with Gasteiger partial charge in [-0.15, -0.1) is 0 Å². The quantitative estimate of drug-likeness (QED) is 0.670. The Morgan fingerprint density at radius 3 is 2.93 bits per heavy atom. The largest absolute Gasteiger partial charge is 0.477 e. The van der Waals surface area contributed by atoms with E-state index < -0.39 is 5.97 Å². The number of likely N-dealkylation sites (N-methyl/N-ethyl adjacent to an activating group) is 1. The van der Waals surface area contributed by atoms with Crippen molar-refractivity contribution in [2.75, 3.05) is 7.05 Å². The van der Waals surface area contributed by atoms with E-state index in [2.05, 4.69) is 0 Å². The molecule has 0 aromatic carbocycles. The summed E-state index contributed by atoms with van der Waals surface area (Å²) >= 11 is 0. The molecule has 0 aromatic heterocycles. The van der Waals surface area contributed by atoms with Crippen LogP contribution in [-0.2, 0) is 9.59 Å². The van der Waals surface area contributed by atoms with E-state index in [0.29, 0.717) is 5.57 Å². The number of carbonyl (C=O) groups excluding carboxylic acids is 1. The lowest BCUT2D eigenvalue weighted by atomic mass is 9.91. The van der Waals surface area contributed by atoms with Gasteiger partial charge in [-0.3, -0.25) is 4.79 Å². The summed E-state index contributed by atoms with van der Waals surface area (Å²) in [5.41, 5.74) is 0.877. The lowest BCUT2D eigenvalue weighted by molar-refractivity contribution is -0.134. The van der Waals surface area contributed by atoms with Crippen LogP contribution in [-0.4, -0.2) is 35.4 Å². The zero-order valence-electron chi connectivity index (χ0n) is 8.25. The summed E-state index contributed by atoms with van der Waals surface area (Å²) in [4.78, 5) is 23.4. The number of carboxylic acids is 1. The smallest absolute Gasteiger partial charge is 0.351 e. The maximum absolute atomic E-state index is 10.9. The molecule has 4 heteroatoms. The van der Waals surface area contributed by atoms with Gasteiger partial charge < -0.3 is 10.0 Å². The van der Waals surface area contributed by atoms with Gasteiger partial charge in [-0.25, -0.2) is 4.79 Å². The number of rotatable bonds is 2. The first-order valence-corrected chi connectivity index (χ1v) is 4.66. The van der Waals surface area contributed by atoms with E-state index >= 15 is 0 Å². The predicted octanol–water partition coefficient (Wildman–Crippen LogP) is 0.580. The lowest BCUT2D eigenvalue weighted by Crippen LogP contribution is -2.35. The van der Waals surface area contributed by atoms with E-state index in [1.165, 1.54) is 0 Å². The lowest BCUT2D eigenvalue weighted by Gasteiger charge is -2.28. The Labute approximate surface area is 87.2 Å². The first kappa shape index (κ1) is 9.71. The fourth-order valence-corrected chi connectivity index (χ4v) is 2.13. The van der Waals surface area contributed by atoms with E-state index in [0.717, 1.165) is 6.29 Å². The SMILES string of the molecule is CN1C(C(=O)O)=CC2C=CC=C(C=O)C21. The molecule has 0 amide bonds. The highest BCUT2D eigenvalue weighted by atomic mass is 16.4. The molecule has 1 N–H and O–H groups in total. The van der Waals surface area contributed by atoms with Gasteiger partial charge in [0, 0.05) is 18.5 Å². The molecule has 0 aromatic rings. The molecule has 2 aliphatic rings. The molecule has 2 atom stereocenters. The van der Waals surface area contributed by atoms with Gasteiger partial charge in [-0.05, 0) is 6.08 Å². The van der Waals surface area contributed by atoms with Crippen molar-refractivity contribution in [3.63, 3.8) is 0 Å². The molecular formula is C11H11NO3. The fourth-order valence-electron chi connectivity index (χ4n) is 2.13. The molecule has 0 saturated carbocycles. The van der Waals surface area contributed by atoms with Gasteiger partial charge in [-0.2, -0.15) is 0 Å². The van der Waals surface area contributed by atoms with Crippen LogP contribution in [0.3, 0.4) is 0 Å². The normalized spacial score (nSPS) is 28.2. The zero-order valence-corrected chi connectivity index (χ0v) is 8.25. The molecule has 2 unspecified atom stereocenters. The van der Waals surface area contributed by atoms with Crippen molar-refractivity contribution < 1.29 is 14.7 Å². The summed E-state index contributed by atoms with van der Waals surface area (Å²) < 4.78 is 0. The molecule has 0 fully saturated rings. The average Bonchev–Trinajstić information content (AvgIpc) is 2.56. The summed E-state index contributed by atoms with van der Waals surface area (Å²) in [6, 6.07) is -0.154. The summed E-state index contributed by atoms with van der Waals surface area (Å²) in [6.45, 7) is 0. The molecule has 0 saturated heterocycles. The Hall–Kier alpha value is -1.84. The molecule has 1 aliphatic carbocycles. The number of nitrogens with zero attached hydrogens (tertiary/aromatic N) is 1. The minimum absolute atomic E-state index is 0.00806. The second kappa shape index (κ2) is 3.38. The van der Waals surface area contributed by atoms with Gasteiger partial charge in [0.15, 0.2) is 0 Å². The van der Waals surface area contributed by atoms with Gasteiger partial charge in [-0.1, -0.05) is 18.2 Å². The summed E-state index contributed by atoms with van der Waals surface area (Å²) in [5.74, 6) is -0.961. The van der Waals surface area contributed by atoms with Gasteiger partial charge in [0.05, 0.1) is 6.04 Å². The van der Waals surface area contributed by atoms with Crippen molar-refractivity contribution in [3.05, 3.63) is 35.6 Å². The monoisotopic (exact) mass is 205 g/mol. The molecule has 78 valence electrons. The maximum Gasteiger partial charge on any atom is 0.351 e. The van der Waals surface area contributed by atoms with Crippen LogP contribution in [0.4, 0.5) is 0 Å². The molecule has 0 bridgehead atoms. The van der Waals surface area contributed by atoms with E-state index in [4.69, 9.17) is 5.11 Å². The molecule has 15 heavy (non-hydrogen) atoms. The van der Waals surface area contributed by atoms with Gasteiger partial charge in [0.25, 0.3) is 0 Å². The van der Waals surface area contributed by atoms with Crippen LogP contribution in [0.25, 0.3) is 0 Å². The first-order chi connectivity index (χ1) is 7.15.